The maximum absolute atomic E-state index is 12.4. The maximum atomic E-state index is 12.4. The molecule has 0 bridgehead atoms. The SMILES string of the molecule is CC(C)C[C@@H](NC(=O)c1ccc(Cl)cc1)C(=O)OCC(=O)NC(=O)c1cccn1C. The molecular formula is C21H24ClN3O5. The summed E-state index contributed by atoms with van der Waals surface area (Å²) in [5.74, 6) is -2.49. The van der Waals surface area contributed by atoms with Gasteiger partial charge in [-0.25, -0.2) is 4.79 Å². The quantitative estimate of drug-likeness (QED) is 0.621. The minimum atomic E-state index is -0.940. The van der Waals surface area contributed by atoms with Gasteiger partial charge in [-0.05, 0) is 48.7 Å². The van der Waals surface area contributed by atoms with Gasteiger partial charge in [0.2, 0.25) is 0 Å². The molecule has 2 N–H and O–H groups in total. The number of benzene rings is 1. The van der Waals surface area contributed by atoms with E-state index in [0.29, 0.717) is 22.7 Å². The molecule has 0 radical (unpaired) electrons. The minimum absolute atomic E-state index is 0.0841. The van der Waals surface area contributed by atoms with Gasteiger partial charge in [-0.2, -0.15) is 0 Å². The van der Waals surface area contributed by atoms with Crippen molar-refractivity contribution >= 4 is 35.3 Å². The molecule has 1 aromatic carbocycles. The summed E-state index contributed by atoms with van der Waals surface area (Å²) in [7, 11) is 1.67. The predicted molar refractivity (Wildman–Crippen MR) is 111 cm³/mol. The number of ether oxygens (including phenoxy) is 1. The second-order valence-electron chi connectivity index (χ2n) is 7.15. The molecule has 1 aromatic heterocycles. The fraction of sp³-hybridized carbons (Fsp3) is 0.333. The first-order chi connectivity index (χ1) is 14.2. The summed E-state index contributed by atoms with van der Waals surface area (Å²) < 4.78 is 6.58. The average molecular weight is 434 g/mol. The fourth-order valence-electron chi connectivity index (χ4n) is 2.69. The first kappa shape index (κ1) is 23.2. The zero-order valence-corrected chi connectivity index (χ0v) is 17.7. The average Bonchev–Trinajstić information content (AvgIpc) is 3.11. The lowest BCUT2D eigenvalue weighted by atomic mass is 10.0. The molecule has 9 heteroatoms. The number of imide groups is 1. The molecule has 2 aromatic rings. The van der Waals surface area contributed by atoms with Gasteiger partial charge in [-0.3, -0.25) is 19.7 Å². The van der Waals surface area contributed by atoms with Crippen LogP contribution in [0.5, 0.6) is 0 Å². The number of hydrogen-bond donors (Lipinski definition) is 2. The number of esters is 1. The van der Waals surface area contributed by atoms with E-state index in [9.17, 15) is 19.2 Å². The van der Waals surface area contributed by atoms with Crippen molar-refractivity contribution in [3.05, 3.63) is 58.9 Å². The Hall–Kier alpha value is -3.13. The van der Waals surface area contributed by atoms with Gasteiger partial charge in [0.05, 0.1) is 0 Å². The van der Waals surface area contributed by atoms with Crippen molar-refractivity contribution < 1.29 is 23.9 Å². The van der Waals surface area contributed by atoms with Crippen LogP contribution in [-0.2, 0) is 21.4 Å². The van der Waals surface area contributed by atoms with Gasteiger partial charge in [0.25, 0.3) is 17.7 Å². The van der Waals surface area contributed by atoms with E-state index < -0.39 is 36.3 Å². The standard InChI is InChI=1S/C21H24ClN3O5/c1-13(2)11-16(23-19(27)14-6-8-15(22)9-7-14)21(29)30-12-18(26)24-20(28)17-5-4-10-25(17)3/h4-10,13,16H,11-12H2,1-3H3,(H,23,27)(H,24,26,28)/t16-/m1/s1. The van der Waals surface area contributed by atoms with Crippen molar-refractivity contribution in [1.29, 1.82) is 0 Å². The Morgan fingerprint density at radius 2 is 1.73 bits per heavy atom. The van der Waals surface area contributed by atoms with Crippen molar-refractivity contribution in [1.82, 2.24) is 15.2 Å². The van der Waals surface area contributed by atoms with Crippen molar-refractivity contribution in [2.45, 2.75) is 26.3 Å². The largest absolute Gasteiger partial charge is 0.454 e. The number of aryl methyl sites for hydroxylation is 1. The van der Waals surface area contributed by atoms with E-state index in [0.717, 1.165) is 0 Å². The van der Waals surface area contributed by atoms with Gasteiger partial charge in [-0.1, -0.05) is 25.4 Å². The van der Waals surface area contributed by atoms with E-state index in [1.165, 1.54) is 12.1 Å². The van der Waals surface area contributed by atoms with Gasteiger partial charge >= 0.3 is 5.97 Å². The van der Waals surface area contributed by atoms with Crippen LogP contribution in [0.3, 0.4) is 0 Å². The Morgan fingerprint density at radius 1 is 1.07 bits per heavy atom. The van der Waals surface area contributed by atoms with Gasteiger partial charge in [0, 0.05) is 23.8 Å². The van der Waals surface area contributed by atoms with Crippen LogP contribution in [0.25, 0.3) is 0 Å². The lowest BCUT2D eigenvalue weighted by Crippen LogP contribution is -2.44. The zero-order valence-electron chi connectivity index (χ0n) is 17.0. The maximum Gasteiger partial charge on any atom is 0.329 e. The summed E-state index contributed by atoms with van der Waals surface area (Å²) >= 11 is 5.82. The number of hydrogen-bond acceptors (Lipinski definition) is 5. The first-order valence-electron chi connectivity index (χ1n) is 9.36. The summed E-state index contributed by atoms with van der Waals surface area (Å²) in [6.45, 7) is 3.14. The molecule has 8 nitrogen and oxygen atoms in total. The number of nitrogens with zero attached hydrogens (tertiary/aromatic N) is 1. The summed E-state index contributed by atoms with van der Waals surface area (Å²) in [5, 5.41) is 5.26. The summed E-state index contributed by atoms with van der Waals surface area (Å²) in [5.41, 5.74) is 0.634. The van der Waals surface area contributed by atoms with E-state index in [1.54, 1.807) is 42.1 Å². The number of carbonyl (C=O) groups excluding carboxylic acids is 4. The second-order valence-corrected chi connectivity index (χ2v) is 7.59. The summed E-state index contributed by atoms with van der Waals surface area (Å²) in [4.78, 5) is 48.9. The van der Waals surface area contributed by atoms with Gasteiger partial charge in [0.15, 0.2) is 6.61 Å². The molecule has 1 atom stereocenters. The highest BCUT2D eigenvalue weighted by atomic mass is 35.5. The molecule has 160 valence electrons. The van der Waals surface area contributed by atoms with E-state index in [4.69, 9.17) is 16.3 Å². The number of carbonyl (C=O) groups is 4. The zero-order chi connectivity index (χ0) is 22.3. The topological polar surface area (TPSA) is 106 Å². The molecule has 0 saturated carbocycles. The third-order valence-electron chi connectivity index (χ3n) is 4.18. The number of halogens is 1. The Morgan fingerprint density at radius 3 is 2.30 bits per heavy atom. The Balaban J connectivity index is 1.93. The lowest BCUT2D eigenvalue weighted by Gasteiger charge is -2.19. The highest BCUT2D eigenvalue weighted by Crippen LogP contribution is 2.11. The van der Waals surface area contributed by atoms with E-state index in [2.05, 4.69) is 10.6 Å². The number of nitrogens with one attached hydrogen (secondary N) is 2. The number of rotatable bonds is 8. The second kappa shape index (κ2) is 10.6. The molecule has 0 saturated heterocycles. The summed E-state index contributed by atoms with van der Waals surface area (Å²) in [6, 6.07) is 8.50. The van der Waals surface area contributed by atoms with Crippen LogP contribution < -0.4 is 10.6 Å². The van der Waals surface area contributed by atoms with Crippen molar-refractivity contribution in [2.24, 2.45) is 13.0 Å². The van der Waals surface area contributed by atoms with E-state index in [-0.39, 0.29) is 5.92 Å². The Kier molecular flexibility index (Phi) is 8.17. The molecule has 0 aliphatic carbocycles. The molecule has 30 heavy (non-hydrogen) atoms. The third-order valence-corrected chi connectivity index (χ3v) is 4.43. The van der Waals surface area contributed by atoms with Crippen molar-refractivity contribution in [2.75, 3.05) is 6.61 Å². The van der Waals surface area contributed by atoms with Crippen LogP contribution in [0.15, 0.2) is 42.6 Å². The highest BCUT2D eigenvalue weighted by Gasteiger charge is 2.25. The smallest absolute Gasteiger partial charge is 0.329 e. The van der Waals surface area contributed by atoms with E-state index in [1.807, 2.05) is 13.8 Å². The molecule has 0 spiro atoms. The number of amides is 3. The Labute approximate surface area is 179 Å². The molecule has 0 fully saturated rings. The molecule has 2 rings (SSSR count). The van der Waals surface area contributed by atoms with Crippen LogP contribution >= 0.6 is 11.6 Å². The van der Waals surface area contributed by atoms with Crippen molar-refractivity contribution in [3.63, 3.8) is 0 Å². The van der Waals surface area contributed by atoms with Crippen LogP contribution in [0, 0.1) is 5.92 Å². The normalized spacial score (nSPS) is 11.6. The highest BCUT2D eigenvalue weighted by molar-refractivity contribution is 6.30. The predicted octanol–water partition coefficient (Wildman–Crippen LogP) is 2.32. The molecule has 1 heterocycles. The van der Waals surface area contributed by atoms with Crippen LogP contribution in [0.1, 0.15) is 41.1 Å². The third kappa shape index (κ3) is 6.73. The molecule has 0 unspecified atom stereocenters. The molecule has 0 aliphatic heterocycles. The lowest BCUT2D eigenvalue weighted by molar-refractivity contribution is -0.150. The minimum Gasteiger partial charge on any atom is -0.454 e. The van der Waals surface area contributed by atoms with Gasteiger partial charge in [0.1, 0.15) is 11.7 Å². The van der Waals surface area contributed by atoms with Crippen LogP contribution in [0.4, 0.5) is 0 Å². The van der Waals surface area contributed by atoms with E-state index >= 15 is 0 Å². The first-order valence-corrected chi connectivity index (χ1v) is 9.73. The molecular weight excluding hydrogens is 410 g/mol. The van der Waals surface area contributed by atoms with Gasteiger partial charge < -0.3 is 14.6 Å². The summed E-state index contributed by atoms with van der Waals surface area (Å²) in [6.07, 6.45) is 1.99. The monoisotopic (exact) mass is 433 g/mol. The van der Waals surface area contributed by atoms with Crippen LogP contribution in [-0.4, -0.2) is 40.9 Å². The fourth-order valence-corrected chi connectivity index (χ4v) is 2.82. The number of aromatic nitrogens is 1. The van der Waals surface area contributed by atoms with Crippen molar-refractivity contribution in [3.8, 4) is 0 Å². The van der Waals surface area contributed by atoms with Crippen LogP contribution in [0.2, 0.25) is 5.02 Å². The Bertz CT molecular complexity index is 921. The molecule has 0 aliphatic rings. The van der Waals surface area contributed by atoms with Gasteiger partial charge in [-0.15, -0.1) is 0 Å². The molecule has 3 amide bonds.